The van der Waals surface area contributed by atoms with Crippen LogP contribution in [0.4, 0.5) is 0 Å². The predicted octanol–water partition coefficient (Wildman–Crippen LogP) is 2.45. The number of ether oxygens (including phenoxy) is 1. The smallest absolute Gasteiger partial charge is 0.261 e. The zero-order chi connectivity index (χ0) is 16.8. The van der Waals surface area contributed by atoms with Crippen LogP contribution in [0, 0.1) is 0 Å². The first-order valence-corrected chi connectivity index (χ1v) is 7.42. The molecule has 0 aromatic heterocycles. The van der Waals surface area contributed by atoms with E-state index in [9.17, 15) is 9.59 Å². The molecule has 0 aliphatic heterocycles. The van der Waals surface area contributed by atoms with Gasteiger partial charge in [-0.1, -0.05) is 41.9 Å². The molecule has 3 N–H and O–H groups in total. The topological polar surface area (TPSA) is 81.4 Å². The molecule has 23 heavy (non-hydrogen) atoms. The van der Waals surface area contributed by atoms with E-state index < -0.39 is 24.0 Å². The van der Waals surface area contributed by atoms with Gasteiger partial charge in [0.15, 0.2) is 6.10 Å². The third kappa shape index (κ3) is 4.72. The molecule has 2 aromatic carbocycles. The van der Waals surface area contributed by atoms with Crippen LogP contribution < -0.4 is 15.8 Å². The van der Waals surface area contributed by atoms with Crippen molar-refractivity contribution in [2.24, 2.45) is 5.73 Å². The van der Waals surface area contributed by atoms with Crippen molar-refractivity contribution in [2.75, 3.05) is 0 Å². The summed E-state index contributed by atoms with van der Waals surface area (Å²) in [6.07, 6.45) is -0.790. The third-order valence-electron chi connectivity index (χ3n) is 3.20. The van der Waals surface area contributed by atoms with E-state index in [2.05, 4.69) is 5.32 Å². The maximum Gasteiger partial charge on any atom is 0.261 e. The summed E-state index contributed by atoms with van der Waals surface area (Å²) in [4.78, 5) is 23.8. The van der Waals surface area contributed by atoms with Gasteiger partial charge in [-0.3, -0.25) is 9.59 Å². The minimum Gasteiger partial charge on any atom is -0.481 e. The van der Waals surface area contributed by atoms with Crippen LogP contribution in [0.3, 0.4) is 0 Å². The zero-order valence-electron chi connectivity index (χ0n) is 12.5. The van der Waals surface area contributed by atoms with Crippen molar-refractivity contribution in [3.05, 3.63) is 65.2 Å². The van der Waals surface area contributed by atoms with Crippen LogP contribution in [0.1, 0.15) is 18.5 Å². The van der Waals surface area contributed by atoms with E-state index in [1.54, 1.807) is 55.5 Å². The molecule has 0 bridgehead atoms. The summed E-state index contributed by atoms with van der Waals surface area (Å²) in [5.74, 6) is -0.566. The fourth-order valence-electron chi connectivity index (χ4n) is 1.99. The van der Waals surface area contributed by atoms with E-state index in [0.29, 0.717) is 16.3 Å². The number of rotatable bonds is 6. The molecule has 0 spiro atoms. The molecule has 2 aromatic rings. The second-order valence-corrected chi connectivity index (χ2v) is 5.41. The number of halogens is 1. The molecule has 0 saturated carbocycles. The number of amides is 2. The first kappa shape index (κ1) is 16.8. The molecule has 120 valence electrons. The number of primary amides is 1. The Bertz CT molecular complexity index is 674. The van der Waals surface area contributed by atoms with Crippen molar-refractivity contribution >= 4 is 23.4 Å². The van der Waals surface area contributed by atoms with Gasteiger partial charge in [0.1, 0.15) is 11.8 Å². The van der Waals surface area contributed by atoms with Crippen molar-refractivity contribution < 1.29 is 14.3 Å². The van der Waals surface area contributed by atoms with Crippen molar-refractivity contribution in [1.82, 2.24) is 5.32 Å². The number of hydrogen-bond acceptors (Lipinski definition) is 3. The van der Waals surface area contributed by atoms with E-state index in [0.717, 1.165) is 0 Å². The van der Waals surface area contributed by atoms with Gasteiger partial charge in [-0.25, -0.2) is 0 Å². The first-order valence-electron chi connectivity index (χ1n) is 7.04. The molecule has 0 unspecified atom stereocenters. The largest absolute Gasteiger partial charge is 0.481 e. The Morgan fingerprint density at radius 3 is 2.26 bits per heavy atom. The van der Waals surface area contributed by atoms with Gasteiger partial charge in [0.05, 0.1) is 0 Å². The van der Waals surface area contributed by atoms with Crippen LogP contribution in [-0.4, -0.2) is 17.9 Å². The van der Waals surface area contributed by atoms with Crippen LogP contribution in [0.15, 0.2) is 54.6 Å². The number of carbonyl (C=O) groups excluding carboxylic acids is 2. The normalized spacial score (nSPS) is 13.0. The van der Waals surface area contributed by atoms with Crippen LogP contribution in [0.25, 0.3) is 0 Å². The van der Waals surface area contributed by atoms with Gasteiger partial charge < -0.3 is 15.8 Å². The maximum absolute atomic E-state index is 12.2. The molecule has 2 amide bonds. The Morgan fingerprint density at radius 1 is 1.09 bits per heavy atom. The molecule has 6 heteroatoms. The highest BCUT2D eigenvalue weighted by atomic mass is 35.5. The quantitative estimate of drug-likeness (QED) is 0.852. The summed E-state index contributed by atoms with van der Waals surface area (Å²) in [6, 6.07) is 14.5. The van der Waals surface area contributed by atoms with Gasteiger partial charge in [0.25, 0.3) is 5.91 Å². The molecule has 0 aliphatic rings. The fraction of sp³-hybridized carbons (Fsp3) is 0.176. The summed E-state index contributed by atoms with van der Waals surface area (Å²) < 4.78 is 5.52. The maximum atomic E-state index is 12.2. The van der Waals surface area contributed by atoms with E-state index >= 15 is 0 Å². The van der Waals surface area contributed by atoms with Crippen molar-refractivity contribution in [2.45, 2.75) is 19.1 Å². The number of carbonyl (C=O) groups is 2. The minimum atomic E-state index is -0.903. The van der Waals surface area contributed by atoms with E-state index in [1.807, 2.05) is 6.07 Å². The highest BCUT2D eigenvalue weighted by Gasteiger charge is 2.23. The zero-order valence-corrected chi connectivity index (χ0v) is 13.3. The Hall–Kier alpha value is -2.53. The van der Waals surface area contributed by atoms with E-state index in [4.69, 9.17) is 22.1 Å². The van der Waals surface area contributed by atoms with Crippen LogP contribution >= 0.6 is 11.6 Å². The van der Waals surface area contributed by atoms with Gasteiger partial charge in [-0.2, -0.15) is 0 Å². The second kappa shape index (κ2) is 7.65. The SMILES string of the molecule is C[C@H](Oc1ccc(Cl)cc1)C(=O)N[C@H](C(N)=O)c1ccccc1. The third-order valence-corrected chi connectivity index (χ3v) is 3.45. The Morgan fingerprint density at radius 2 is 1.70 bits per heavy atom. The lowest BCUT2D eigenvalue weighted by Gasteiger charge is -2.19. The molecule has 0 heterocycles. The first-order chi connectivity index (χ1) is 11.0. The summed E-state index contributed by atoms with van der Waals surface area (Å²) in [7, 11) is 0. The number of hydrogen-bond donors (Lipinski definition) is 2. The predicted molar refractivity (Wildman–Crippen MR) is 88.1 cm³/mol. The van der Waals surface area contributed by atoms with Crippen molar-refractivity contribution in [3.63, 3.8) is 0 Å². The summed E-state index contributed by atoms with van der Waals surface area (Å²) in [5.41, 5.74) is 5.99. The molecule has 0 aliphatic carbocycles. The Labute approximate surface area is 139 Å². The lowest BCUT2D eigenvalue weighted by molar-refractivity contribution is -0.131. The summed E-state index contributed by atoms with van der Waals surface area (Å²) in [6.45, 7) is 1.59. The number of nitrogens with one attached hydrogen (secondary N) is 1. The standard InChI is InChI=1S/C17H17ClN2O3/c1-11(23-14-9-7-13(18)8-10-14)17(22)20-15(16(19)21)12-5-3-2-4-6-12/h2-11,15H,1H3,(H2,19,21)(H,20,22)/t11-,15-/m0/s1. The molecular weight excluding hydrogens is 316 g/mol. The average Bonchev–Trinajstić information content (AvgIpc) is 2.55. The van der Waals surface area contributed by atoms with Gasteiger partial charge in [0, 0.05) is 5.02 Å². The average molecular weight is 333 g/mol. The van der Waals surface area contributed by atoms with Gasteiger partial charge in [-0.15, -0.1) is 0 Å². The molecule has 0 radical (unpaired) electrons. The summed E-state index contributed by atoms with van der Waals surface area (Å²) in [5, 5.41) is 3.18. The van der Waals surface area contributed by atoms with Crippen LogP contribution in [0.5, 0.6) is 5.75 Å². The van der Waals surface area contributed by atoms with Gasteiger partial charge >= 0.3 is 0 Å². The lowest BCUT2D eigenvalue weighted by Crippen LogP contribution is -2.43. The summed E-state index contributed by atoms with van der Waals surface area (Å²) >= 11 is 5.80. The highest BCUT2D eigenvalue weighted by molar-refractivity contribution is 6.30. The van der Waals surface area contributed by atoms with E-state index in [-0.39, 0.29) is 0 Å². The second-order valence-electron chi connectivity index (χ2n) is 4.97. The number of nitrogens with two attached hydrogens (primary N) is 1. The molecule has 5 nitrogen and oxygen atoms in total. The minimum absolute atomic E-state index is 0.437. The fourth-order valence-corrected chi connectivity index (χ4v) is 2.12. The van der Waals surface area contributed by atoms with Gasteiger partial charge in [-0.05, 0) is 36.8 Å². The van der Waals surface area contributed by atoms with Crippen molar-refractivity contribution in [3.8, 4) is 5.75 Å². The monoisotopic (exact) mass is 332 g/mol. The Kier molecular flexibility index (Phi) is 5.60. The highest BCUT2D eigenvalue weighted by Crippen LogP contribution is 2.17. The van der Waals surface area contributed by atoms with Crippen LogP contribution in [0.2, 0.25) is 5.02 Å². The lowest BCUT2D eigenvalue weighted by atomic mass is 10.1. The Balaban J connectivity index is 2.03. The van der Waals surface area contributed by atoms with Gasteiger partial charge in [0.2, 0.25) is 5.91 Å². The number of benzene rings is 2. The molecule has 2 rings (SSSR count). The van der Waals surface area contributed by atoms with Crippen molar-refractivity contribution in [1.29, 1.82) is 0 Å². The molecular formula is C17H17ClN2O3. The molecule has 0 saturated heterocycles. The molecule has 0 fully saturated rings. The molecule has 2 atom stereocenters. The van der Waals surface area contributed by atoms with E-state index in [1.165, 1.54) is 0 Å². The van der Waals surface area contributed by atoms with Crippen LogP contribution in [-0.2, 0) is 9.59 Å².